The summed E-state index contributed by atoms with van der Waals surface area (Å²) in [5, 5.41) is 3.37. The van der Waals surface area contributed by atoms with E-state index in [1.54, 1.807) is 24.4 Å². The van der Waals surface area contributed by atoms with E-state index < -0.39 is 0 Å². The molecule has 0 atom stereocenters. The van der Waals surface area contributed by atoms with Gasteiger partial charge in [-0.25, -0.2) is 4.79 Å². The molecular weight excluding hydrogens is 372 g/mol. The SMILES string of the molecule is CCCCCCCCCC=CCCCNc1ccccc1C(=O)Oc1cccnc1. The number of para-hydroxylation sites is 1. The Balaban J connectivity index is 1.62. The Kier molecular flexibility index (Phi) is 12.0. The third-order valence-corrected chi connectivity index (χ3v) is 5.00. The zero-order valence-corrected chi connectivity index (χ0v) is 18.3. The largest absolute Gasteiger partial charge is 0.421 e. The molecule has 0 spiro atoms. The number of unbranched alkanes of at least 4 members (excludes halogenated alkanes) is 8. The molecule has 0 aliphatic rings. The summed E-state index contributed by atoms with van der Waals surface area (Å²) < 4.78 is 5.41. The van der Waals surface area contributed by atoms with Crippen LogP contribution in [0.15, 0.2) is 60.9 Å². The van der Waals surface area contributed by atoms with E-state index in [-0.39, 0.29) is 5.97 Å². The van der Waals surface area contributed by atoms with Crippen molar-refractivity contribution in [1.29, 1.82) is 0 Å². The lowest BCUT2D eigenvalue weighted by atomic mass is 10.1. The van der Waals surface area contributed by atoms with Gasteiger partial charge >= 0.3 is 5.97 Å². The normalized spacial score (nSPS) is 11.0. The van der Waals surface area contributed by atoms with Crippen molar-refractivity contribution in [3.05, 3.63) is 66.5 Å². The monoisotopic (exact) mass is 408 g/mol. The first-order chi connectivity index (χ1) is 14.8. The van der Waals surface area contributed by atoms with E-state index in [4.69, 9.17) is 4.74 Å². The van der Waals surface area contributed by atoms with Crippen molar-refractivity contribution in [2.45, 2.75) is 71.1 Å². The minimum atomic E-state index is -0.374. The predicted molar refractivity (Wildman–Crippen MR) is 125 cm³/mol. The summed E-state index contributed by atoms with van der Waals surface area (Å²) in [5.41, 5.74) is 1.34. The molecule has 162 valence electrons. The number of benzene rings is 1. The first kappa shape index (κ1) is 23.7. The number of pyridine rings is 1. The first-order valence-corrected chi connectivity index (χ1v) is 11.4. The molecule has 2 aromatic rings. The zero-order chi connectivity index (χ0) is 21.3. The summed E-state index contributed by atoms with van der Waals surface area (Å²) in [7, 11) is 0. The zero-order valence-electron chi connectivity index (χ0n) is 18.3. The molecule has 0 radical (unpaired) electrons. The number of anilines is 1. The van der Waals surface area contributed by atoms with Gasteiger partial charge in [-0.1, -0.05) is 69.7 Å². The van der Waals surface area contributed by atoms with Crippen LogP contribution in [0, 0.1) is 0 Å². The molecule has 2 rings (SSSR count). The van der Waals surface area contributed by atoms with Crippen molar-refractivity contribution in [1.82, 2.24) is 4.98 Å². The van der Waals surface area contributed by atoms with Gasteiger partial charge < -0.3 is 10.1 Å². The molecule has 0 aliphatic heterocycles. The topological polar surface area (TPSA) is 51.2 Å². The van der Waals surface area contributed by atoms with Crippen molar-refractivity contribution in [2.75, 3.05) is 11.9 Å². The maximum Gasteiger partial charge on any atom is 0.345 e. The number of hydrogen-bond acceptors (Lipinski definition) is 4. The Hall–Kier alpha value is -2.62. The number of rotatable bonds is 15. The molecule has 0 bridgehead atoms. The summed E-state index contributed by atoms with van der Waals surface area (Å²) in [4.78, 5) is 16.4. The van der Waals surface area contributed by atoms with Crippen LogP contribution in [0.2, 0.25) is 0 Å². The third kappa shape index (κ3) is 9.73. The number of nitrogens with one attached hydrogen (secondary N) is 1. The molecule has 0 saturated heterocycles. The van der Waals surface area contributed by atoms with Gasteiger partial charge in [-0.3, -0.25) is 4.98 Å². The number of allylic oxidation sites excluding steroid dienone is 2. The van der Waals surface area contributed by atoms with Crippen LogP contribution in [-0.4, -0.2) is 17.5 Å². The average Bonchev–Trinajstić information content (AvgIpc) is 2.78. The van der Waals surface area contributed by atoms with Crippen molar-refractivity contribution in [2.24, 2.45) is 0 Å². The number of ether oxygens (including phenoxy) is 1. The Morgan fingerprint density at radius 1 is 0.933 bits per heavy atom. The van der Waals surface area contributed by atoms with Gasteiger partial charge in [0.15, 0.2) is 0 Å². The van der Waals surface area contributed by atoms with Gasteiger partial charge in [0, 0.05) is 18.4 Å². The second kappa shape index (κ2) is 15.3. The van der Waals surface area contributed by atoms with Crippen LogP contribution < -0.4 is 10.1 Å². The quantitative estimate of drug-likeness (QED) is 0.192. The summed E-state index contributed by atoms with van der Waals surface area (Å²) in [6.45, 7) is 3.08. The molecule has 0 aliphatic carbocycles. The number of nitrogens with zero attached hydrogens (tertiary/aromatic N) is 1. The number of carbonyl (C=O) groups is 1. The van der Waals surface area contributed by atoms with E-state index in [9.17, 15) is 4.79 Å². The molecule has 30 heavy (non-hydrogen) atoms. The lowest BCUT2D eigenvalue weighted by molar-refractivity contribution is 0.0735. The van der Waals surface area contributed by atoms with Crippen LogP contribution in [0.1, 0.15) is 81.5 Å². The molecule has 4 nitrogen and oxygen atoms in total. The van der Waals surface area contributed by atoms with Crippen LogP contribution in [0.5, 0.6) is 5.75 Å². The van der Waals surface area contributed by atoms with Gasteiger partial charge in [0.2, 0.25) is 0 Å². The Morgan fingerprint density at radius 3 is 2.43 bits per heavy atom. The number of hydrogen-bond donors (Lipinski definition) is 1. The highest BCUT2D eigenvalue weighted by atomic mass is 16.5. The molecule has 0 unspecified atom stereocenters. The lowest BCUT2D eigenvalue weighted by Crippen LogP contribution is -2.13. The van der Waals surface area contributed by atoms with Crippen LogP contribution in [0.4, 0.5) is 5.69 Å². The summed E-state index contributed by atoms with van der Waals surface area (Å²) in [6.07, 6.45) is 20.5. The van der Waals surface area contributed by atoms with E-state index in [1.165, 1.54) is 57.6 Å². The van der Waals surface area contributed by atoms with E-state index in [2.05, 4.69) is 29.4 Å². The maximum atomic E-state index is 12.5. The van der Waals surface area contributed by atoms with Gasteiger partial charge in [0.25, 0.3) is 0 Å². The third-order valence-electron chi connectivity index (χ3n) is 5.00. The van der Waals surface area contributed by atoms with Gasteiger partial charge in [0.05, 0.1) is 11.8 Å². The fraction of sp³-hybridized carbons (Fsp3) is 0.462. The van der Waals surface area contributed by atoms with Crippen molar-refractivity contribution >= 4 is 11.7 Å². The number of carbonyl (C=O) groups excluding carboxylic acids is 1. The summed E-state index contributed by atoms with van der Waals surface area (Å²) >= 11 is 0. The average molecular weight is 409 g/mol. The highest BCUT2D eigenvalue weighted by molar-refractivity contribution is 5.96. The Morgan fingerprint density at radius 2 is 1.67 bits per heavy atom. The lowest BCUT2D eigenvalue weighted by Gasteiger charge is -2.11. The van der Waals surface area contributed by atoms with Gasteiger partial charge in [-0.15, -0.1) is 0 Å². The molecule has 4 heteroatoms. The molecule has 1 aromatic heterocycles. The van der Waals surface area contributed by atoms with E-state index in [0.717, 1.165) is 25.1 Å². The van der Waals surface area contributed by atoms with Crippen LogP contribution in [0.25, 0.3) is 0 Å². The molecule has 0 saturated carbocycles. The second-order valence-corrected chi connectivity index (χ2v) is 7.57. The minimum Gasteiger partial charge on any atom is -0.421 e. The summed E-state index contributed by atoms with van der Waals surface area (Å²) in [6, 6.07) is 10.9. The van der Waals surface area contributed by atoms with Crippen molar-refractivity contribution in [3.63, 3.8) is 0 Å². The molecule has 0 fully saturated rings. The highest BCUT2D eigenvalue weighted by Gasteiger charge is 2.13. The van der Waals surface area contributed by atoms with Gasteiger partial charge in [-0.05, 0) is 49.9 Å². The predicted octanol–water partition coefficient (Wildman–Crippen LogP) is 7.19. The smallest absolute Gasteiger partial charge is 0.345 e. The molecule has 0 amide bonds. The van der Waals surface area contributed by atoms with Gasteiger partial charge in [-0.2, -0.15) is 0 Å². The molecular formula is C26H36N2O2. The van der Waals surface area contributed by atoms with Crippen LogP contribution >= 0.6 is 0 Å². The van der Waals surface area contributed by atoms with Crippen molar-refractivity contribution < 1.29 is 9.53 Å². The molecule has 1 N–H and O–H groups in total. The van der Waals surface area contributed by atoms with Gasteiger partial charge in [0.1, 0.15) is 5.75 Å². The Bertz CT molecular complexity index is 744. The second-order valence-electron chi connectivity index (χ2n) is 7.57. The molecule has 1 heterocycles. The number of aromatic nitrogens is 1. The minimum absolute atomic E-state index is 0.374. The fourth-order valence-electron chi connectivity index (χ4n) is 3.28. The summed E-state index contributed by atoms with van der Waals surface area (Å²) in [5.74, 6) is 0.0732. The van der Waals surface area contributed by atoms with E-state index >= 15 is 0 Å². The standard InChI is InChI=1S/C26H36N2O2/c1-2-3-4-5-6-7-8-9-10-11-12-15-21-28-25-19-14-13-18-24(25)26(29)30-23-17-16-20-27-22-23/h10-11,13-14,16-20,22,28H,2-9,12,15,21H2,1H3. The van der Waals surface area contributed by atoms with Crippen LogP contribution in [-0.2, 0) is 0 Å². The maximum absolute atomic E-state index is 12.5. The van der Waals surface area contributed by atoms with E-state index in [0.29, 0.717) is 11.3 Å². The van der Waals surface area contributed by atoms with Crippen LogP contribution in [0.3, 0.4) is 0 Å². The Labute approximate surface area is 181 Å². The van der Waals surface area contributed by atoms with Crippen molar-refractivity contribution in [3.8, 4) is 5.75 Å². The first-order valence-electron chi connectivity index (χ1n) is 11.4. The van der Waals surface area contributed by atoms with E-state index in [1.807, 2.05) is 18.2 Å². The fourth-order valence-corrected chi connectivity index (χ4v) is 3.28. The highest BCUT2D eigenvalue weighted by Crippen LogP contribution is 2.18. The number of esters is 1. The molecule has 1 aromatic carbocycles.